The van der Waals surface area contributed by atoms with E-state index < -0.39 is 0 Å². The van der Waals surface area contributed by atoms with Crippen LogP contribution >= 0.6 is 0 Å². The SMILES string of the molecule is c1ccc(-n2c3ccccc3c3ccc4c5ncccc5n5c6ccccc6nc5c4c32)cc1. The molecule has 4 heteroatoms. The van der Waals surface area contributed by atoms with E-state index in [1.807, 2.05) is 18.3 Å². The van der Waals surface area contributed by atoms with Crippen molar-refractivity contribution in [1.29, 1.82) is 0 Å². The molecule has 4 nitrogen and oxygen atoms in total. The molecule has 8 aromatic rings. The molecule has 4 aromatic heterocycles. The van der Waals surface area contributed by atoms with Gasteiger partial charge in [0.1, 0.15) is 5.65 Å². The second-order valence-electron chi connectivity index (χ2n) is 8.70. The molecule has 0 saturated carbocycles. The molecule has 34 heavy (non-hydrogen) atoms. The maximum Gasteiger partial charge on any atom is 0.148 e. The molecule has 4 aromatic carbocycles. The van der Waals surface area contributed by atoms with Crippen LogP contribution in [0.3, 0.4) is 0 Å². The van der Waals surface area contributed by atoms with E-state index in [1.54, 1.807) is 0 Å². The summed E-state index contributed by atoms with van der Waals surface area (Å²) in [4.78, 5) is 10.0. The normalized spacial score (nSPS) is 12.1. The van der Waals surface area contributed by atoms with Gasteiger partial charge in [-0.1, -0.05) is 60.7 Å². The van der Waals surface area contributed by atoms with E-state index in [1.165, 1.54) is 16.3 Å². The summed E-state index contributed by atoms with van der Waals surface area (Å²) in [5.74, 6) is 0. The Morgan fingerprint density at radius 2 is 1.29 bits per heavy atom. The summed E-state index contributed by atoms with van der Waals surface area (Å²) in [5.41, 5.74) is 8.58. The lowest BCUT2D eigenvalue weighted by Gasteiger charge is -2.12. The molecule has 0 bridgehead atoms. The molecule has 0 fully saturated rings. The Hall–Kier alpha value is -4.70. The zero-order valence-electron chi connectivity index (χ0n) is 18.2. The standard InChI is InChI=1S/C30H18N4/c1-2-9-19(10-3-1)33-24-13-6-4-11-20(24)21-16-17-22-27(29(21)33)30-32-23-12-5-7-14-25(23)34(30)26-15-8-18-31-28(22)26/h1-18H. The molecule has 0 saturated heterocycles. The summed E-state index contributed by atoms with van der Waals surface area (Å²) < 4.78 is 4.65. The summed E-state index contributed by atoms with van der Waals surface area (Å²) in [7, 11) is 0. The van der Waals surface area contributed by atoms with E-state index in [-0.39, 0.29) is 0 Å². The molecule has 0 aliphatic rings. The highest BCUT2D eigenvalue weighted by molar-refractivity contribution is 6.26. The van der Waals surface area contributed by atoms with E-state index in [4.69, 9.17) is 9.97 Å². The second-order valence-corrected chi connectivity index (χ2v) is 8.70. The molecule has 0 radical (unpaired) electrons. The predicted molar refractivity (Wildman–Crippen MR) is 140 cm³/mol. The molecule has 0 N–H and O–H groups in total. The monoisotopic (exact) mass is 434 g/mol. The van der Waals surface area contributed by atoms with Gasteiger partial charge in [-0.2, -0.15) is 0 Å². The zero-order chi connectivity index (χ0) is 22.2. The van der Waals surface area contributed by atoms with Crippen molar-refractivity contribution in [3.63, 3.8) is 0 Å². The summed E-state index contributed by atoms with van der Waals surface area (Å²) in [6.45, 7) is 0. The summed E-state index contributed by atoms with van der Waals surface area (Å²) in [6, 6.07) is 36.2. The van der Waals surface area contributed by atoms with Gasteiger partial charge in [-0.15, -0.1) is 0 Å². The number of fused-ring (bicyclic) bond motifs is 12. The van der Waals surface area contributed by atoms with Crippen molar-refractivity contribution in [3.05, 3.63) is 109 Å². The van der Waals surface area contributed by atoms with Crippen molar-refractivity contribution < 1.29 is 0 Å². The lowest BCUT2D eigenvalue weighted by Crippen LogP contribution is -1.97. The van der Waals surface area contributed by atoms with Gasteiger partial charge >= 0.3 is 0 Å². The number of benzene rings is 4. The first kappa shape index (κ1) is 17.8. The number of hydrogen-bond acceptors (Lipinski definition) is 2. The van der Waals surface area contributed by atoms with Crippen molar-refractivity contribution in [2.45, 2.75) is 0 Å². The Kier molecular flexibility index (Phi) is 3.36. The van der Waals surface area contributed by atoms with Gasteiger partial charge in [-0.25, -0.2) is 4.98 Å². The molecule has 0 atom stereocenters. The van der Waals surface area contributed by atoms with Gasteiger partial charge in [0, 0.05) is 28.0 Å². The molecule has 8 rings (SSSR count). The van der Waals surface area contributed by atoms with E-state index in [9.17, 15) is 0 Å². The first-order valence-electron chi connectivity index (χ1n) is 11.5. The molecule has 0 spiro atoms. The van der Waals surface area contributed by atoms with E-state index in [0.717, 1.165) is 49.7 Å². The van der Waals surface area contributed by atoms with Crippen LogP contribution < -0.4 is 0 Å². The van der Waals surface area contributed by atoms with Crippen LogP contribution in [0.25, 0.3) is 66.0 Å². The number of imidazole rings is 1. The Morgan fingerprint density at radius 3 is 2.21 bits per heavy atom. The summed E-state index contributed by atoms with van der Waals surface area (Å²) in [5, 5.41) is 4.70. The largest absolute Gasteiger partial charge is 0.308 e. The third kappa shape index (κ3) is 2.17. The third-order valence-corrected chi connectivity index (χ3v) is 6.92. The maximum absolute atomic E-state index is 5.17. The van der Waals surface area contributed by atoms with Gasteiger partial charge in [-0.3, -0.25) is 9.38 Å². The maximum atomic E-state index is 5.17. The Bertz CT molecular complexity index is 2060. The van der Waals surface area contributed by atoms with E-state index in [2.05, 4.69) is 100.0 Å². The minimum Gasteiger partial charge on any atom is -0.308 e. The number of para-hydroxylation sites is 4. The van der Waals surface area contributed by atoms with E-state index in [0.29, 0.717) is 0 Å². The van der Waals surface area contributed by atoms with Crippen LogP contribution in [0.1, 0.15) is 0 Å². The van der Waals surface area contributed by atoms with Crippen molar-refractivity contribution in [2.75, 3.05) is 0 Å². The quantitative estimate of drug-likeness (QED) is 0.254. The Balaban J connectivity index is 1.76. The first-order valence-corrected chi connectivity index (χ1v) is 11.5. The van der Waals surface area contributed by atoms with Crippen LogP contribution in [0.15, 0.2) is 109 Å². The molecule has 0 amide bonds. The fraction of sp³-hybridized carbons (Fsp3) is 0. The van der Waals surface area contributed by atoms with Crippen LogP contribution in [-0.2, 0) is 0 Å². The van der Waals surface area contributed by atoms with Gasteiger partial charge < -0.3 is 4.57 Å². The smallest absolute Gasteiger partial charge is 0.148 e. The fourth-order valence-corrected chi connectivity index (χ4v) is 5.55. The number of rotatable bonds is 1. The van der Waals surface area contributed by atoms with Crippen molar-refractivity contribution in [2.24, 2.45) is 0 Å². The predicted octanol–water partition coefficient (Wildman–Crippen LogP) is 7.29. The number of pyridine rings is 2. The highest BCUT2D eigenvalue weighted by atomic mass is 15.0. The van der Waals surface area contributed by atoms with Gasteiger partial charge in [0.15, 0.2) is 0 Å². The number of nitrogens with zero attached hydrogens (tertiary/aromatic N) is 4. The van der Waals surface area contributed by atoms with Crippen molar-refractivity contribution in [1.82, 2.24) is 18.9 Å². The molecule has 0 aliphatic carbocycles. The lowest BCUT2D eigenvalue weighted by atomic mass is 10.0. The average Bonchev–Trinajstić information content (AvgIpc) is 3.45. The minimum absolute atomic E-state index is 0.960. The Morgan fingerprint density at radius 1 is 0.559 bits per heavy atom. The van der Waals surface area contributed by atoms with Crippen LogP contribution in [0.5, 0.6) is 0 Å². The average molecular weight is 435 g/mol. The molecular formula is C30H18N4. The first-order chi connectivity index (χ1) is 16.9. The summed E-state index contributed by atoms with van der Waals surface area (Å²) in [6.07, 6.45) is 1.88. The van der Waals surface area contributed by atoms with Crippen LogP contribution in [0, 0.1) is 0 Å². The molecule has 4 heterocycles. The van der Waals surface area contributed by atoms with Gasteiger partial charge in [0.25, 0.3) is 0 Å². The van der Waals surface area contributed by atoms with Crippen molar-refractivity contribution >= 4 is 60.3 Å². The highest BCUT2D eigenvalue weighted by Gasteiger charge is 2.21. The van der Waals surface area contributed by atoms with Crippen LogP contribution in [0.2, 0.25) is 0 Å². The molecule has 0 unspecified atom stereocenters. The van der Waals surface area contributed by atoms with Crippen LogP contribution in [-0.4, -0.2) is 18.9 Å². The topological polar surface area (TPSA) is 35.1 Å². The number of aromatic nitrogens is 4. The molecule has 0 aliphatic heterocycles. The molecular weight excluding hydrogens is 416 g/mol. The summed E-state index contributed by atoms with van der Waals surface area (Å²) >= 11 is 0. The highest BCUT2D eigenvalue weighted by Crippen LogP contribution is 2.40. The lowest BCUT2D eigenvalue weighted by molar-refractivity contribution is 1.18. The second kappa shape index (κ2) is 6.42. The Labute approximate surface area is 194 Å². The van der Waals surface area contributed by atoms with Gasteiger partial charge in [-0.05, 0) is 42.5 Å². The fourth-order valence-electron chi connectivity index (χ4n) is 5.55. The van der Waals surface area contributed by atoms with Crippen LogP contribution in [0.4, 0.5) is 0 Å². The van der Waals surface area contributed by atoms with Gasteiger partial charge in [0.05, 0.1) is 38.5 Å². The van der Waals surface area contributed by atoms with Gasteiger partial charge in [0.2, 0.25) is 0 Å². The molecule has 158 valence electrons. The van der Waals surface area contributed by atoms with E-state index >= 15 is 0 Å². The minimum atomic E-state index is 0.960. The van der Waals surface area contributed by atoms with Crippen molar-refractivity contribution in [3.8, 4) is 5.69 Å². The zero-order valence-corrected chi connectivity index (χ0v) is 18.2. The number of hydrogen-bond donors (Lipinski definition) is 0. The third-order valence-electron chi connectivity index (χ3n) is 6.92.